The second-order valence-electron chi connectivity index (χ2n) is 3.46. The van der Waals surface area contributed by atoms with E-state index in [1.54, 1.807) is 25.3 Å². The van der Waals surface area contributed by atoms with Crippen LogP contribution < -0.4 is 5.32 Å². The summed E-state index contributed by atoms with van der Waals surface area (Å²) in [5.41, 5.74) is 1.29. The van der Waals surface area contributed by atoms with Gasteiger partial charge in [0, 0.05) is 11.8 Å². The number of anilines is 1. The molecule has 1 heterocycles. The normalized spacial score (nSPS) is 10.4. The molecule has 0 aliphatic heterocycles. The fourth-order valence-electron chi connectivity index (χ4n) is 1.42. The molecule has 16 heavy (non-hydrogen) atoms. The first kappa shape index (κ1) is 10.5. The van der Waals surface area contributed by atoms with Crippen molar-refractivity contribution in [3.05, 3.63) is 36.3 Å². The van der Waals surface area contributed by atoms with Gasteiger partial charge >= 0.3 is 0 Å². The van der Waals surface area contributed by atoms with Gasteiger partial charge in [0.25, 0.3) is 0 Å². The van der Waals surface area contributed by atoms with E-state index in [2.05, 4.69) is 10.3 Å². The Kier molecular flexibility index (Phi) is 2.81. The quantitative estimate of drug-likeness (QED) is 0.842. The van der Waals surface area contributed by atoms with E-state index in [0.717, 1.165) is 0 Å². The van der Waals surface area contributed by atoms with Crippen molar-refractivity contribution in [3.8, 4) is 0 Å². The van der Waals surface area contributed by atoms with E-state index in [1.807, 2.05) is 0 Å². The monoisotopic (exact) mass is 218 g/mol. The summed E-state index contributed by atoms with van der Waals surface area (Å²) in [6.07, 6.45) is 1.97. The topological polar surface area (TPSA) is 42.0 Å². The molecule has 1 N–H and O–H groups in total. The number of nitrogens with zero attached hydrogens (tertiary/aromatic N) is 1. The summed E-state index contributed by atoms with van der Waals surface area (Å²) in [6, 6.07) is 6.07. The third kappa shape index (κ3) is 2.16. The van der Waals surface area contributed by atoms with Gasteiger partial charge in [0.15, 0.2) is 0 Å². The number of halogens is 1. The summed E-state index contributed by atoms with van der Waals surface area (Å²) in [5.74, 6) is -0.397. The lowest BCUT2D eigenvalue weighted by Gasteiger charge is -2.04. The zero-order valence-electron chi connectivity index (χ0n) is 8.83. The summed E-state index contributed by atoms with van der Waals surface area (Å²) < 4.78 is 13.0. The van der Waals surface area contributed by atoms with Crippen molar-refractivity contribution in [1.29, 1.82) is 0 Å². The number of aromatic nitrogens is 1. The maximum absolute atomic E-state index is 13.0. The van der Waals surface area contributed by atoms with Gasteiger partial charge in [-0.25, -0.2) is 4.39 Å². The molecule has 1 amide bonds. The predicted molar refractivity (Wildman–Crippen MR) is 60.6 cm³/mol. The Hall–Kier alpha value is -1.97. The average molecular weight is 218 g/mol. The number of nitrogens with one attached hydrogen (secondary N) is 1. The van der Waals surface area contributed by atoms with Crippen LogP contribution in [0.15, 0.2) is 30.5 Å². The lowest BCUT2D eigenvalue weighted by Crippen LogP contribution is -2.09. The number of hydrogen-bond acceptors (Lipinski definition) is 2. The summed E-state index contributed by atoms with van der Waals surface area (Å²) in [7, 11) is 0. The Balaban J connectivity index is 2.39. The van der Waals surface area contributed by atoms with Crippen LogP contribution in [0.25, 0.3) is 10.9 Å². The number of carbonyl (C=O) groups is 1. The van der Waals surface area contributed by atoms with E-state index in [-0.39, 0.29) is 11.7 Å². The second-order valence-corrected chi connectivity index (χ2v) is 3.46. The van der Waals surface area contributed by atoms with Crippen LogP contribution in [-0.4, -0.2) is 10.9 Å². The van der Waals surface area contributed by atoms with Crippen LogP contribution in [0.3, 0.4) is 0 Å². The number of rotatable bonds is 2. The molecule has 2 aromatic rings. The molecule has 0 aliphatic rings. The molecule has 82 valence electrons. The van der Waals surface area contributed by atoms with Crippen molar-refractivity contribution in [2.45, 2.75) is 13.3 Å². The summed E-state index contributed by atoms with van der Waals surface area (Å²) in [4.78, 5) is 15.3. The molecule has 2 rings (SSSR count). The Morgan fingerprint density at radius 1 is 1.44 bits per heavy atom. The highest BCUT2D eigenvalue weighted by Crippen LogP contribution is 2.17. The summed E-state index contributed by atoms with van der Waals surface area (Å²) >= 11 is 0. The van der Waals surface area contributed by atoms with Gasteiger partial charge in [-0.1, -0.05) is 6.92 Å². The first-order chi connectivity index (χ1) is 7.69. The molecule has 1 aromatic carbocycles. The molecule has 1 aromatic heterocycles. The zero-order chi connectivity index (χ0) is 11.5. The Morgan fingerprint density at radius 2 is 2.25 bits per heavy atom. The molecule has 3 nitrogen and oxygen atoms in total. The van der Waals surface area contributed by atoms with Crippen LogP contribution in [0.4, 0.5) is 10.1 Å². The Labute approximate surface area is 92.3 Å². The summed E-state index contributed by atoms with van der Waals surface area (Å²) in [5, 5.41) is 3.35. The van der Waals surface area contributed by atoms with Gasteiger partial charge in [-0.15, -0.1) is 0 Å². The van der Waals surface area contributed by atoms with Crippen molar-refractivity contribution in [2.24, 2.45) is 0 Å². The van der Waals surface area contributed by atoms with Crippen molar-refractivity contribution >= 4 is 22.5 Å². The van der Waals surface area contributed by atoms with Crippen LogP contribution in [0.5, 0.6) is 0 Å². The fraction of sp³-hybridized carbons (Fsp3) is 0.167. The van der Waals surface area contributed by atoms with E-state index < -0.39 is 0 Å². The largest absolute Gasteiger partial charge is 0.325 e. The van der Waals surface area contributed by atoms with Gasteiger partial charge in [0.2, 0.25) is 5.91 Å². The van der Waals surface area contributed by atoms with Crippen LogP contribution in [0, 0.1) is 5.82 Å². The van der Waals surface area contributed by atoms with E-state index in [9.17, 15) is 9.18 Å². The highest BCUT2D eigenvalue weighted by molar-refractivity contribution is 5.92. The Bertz CT molecular complexity index is 540. The minimum absolute atomic E-state index is 0.0856. The third-order valence-corrected chi connectivity index (χ3v) is 2.25. The standard InChI is InChI=1S/C12H11FN2O/c1-2-12(16)15-10-6-8-5-9(13)3-4-11(8)14-7-10/h3-7H,2H2,1H3,(H,15,16). The number of amides is 1. The minimum atomic E-state index is -0.312. The van der Waals surface area contributed by atoms with Crippen molar-refractivity contribution in [2.75, 3.05) is 5.32 Å². The van der Waals surface area contributed by atoms with E-state index in [1.165, 1.54) is 12.1 Å². The number of carbonyl (C=O) groups excluding carboxylic acids is 1. The maximum Gasteiger partial charge on any atom is 0.224 e. The molecule has 0 unspecified atom stereocenters. The summed E-state index contributed by atoms with van der Waals surface area (Å²) in [6.45, 7) is 1.77. The van der Waals surface area contributed by atoms with Gasteiger partial charge in [0.1, 0.15) is 5.82 Å². The molecule has 0 fully saturated rings. The lowest BCUT2D eigenvalue weighted by atomic mass is 10.2. The van der Waals surface area contributed by atoms with Crippen molar-refractivity contribution < 1.29 is 9.18 Å². The molecular formula is C12H11FN2O. The number of benzene rings is 1. The number of fused-ring (bicyclic) bond motifs is 1. The molecule has 0 radical (unpaired) electrons. The molecule has 4 heteroatoms. The van der Waals surface area contributed by atoms with Crippen molar-refractivity contribution in [1.82, 2.24) is 4.98 Å². The van der Waals surface area contributed by atoms with Crippen LogP contribution in [0.1, 0.15) is 13.3 Å². The molecule has 0 bridgehead atoms. The number of hydrogen-bond donors (Lipinski definition) is 1. The zero-order valence-corrected chi connectivity index (χ0v) is 8.83. The number of pyridine rings is 1. The van der Waals surface area contributed by atoms with E-state index in [0.29, 0.717) is 23.0 Å². The molecule has 0 atom stereocenters. The van der Waals surface area contributed by atoms with Crippen LogP contribution >= 0.6 is 0 Å². The van der Waals surface area contributed by atoms with E-state index in [4.69, 9.17) is 0 Å². The molecular weight excluding hydrogens is 207 g/mol. The first-order valence-corrected chi connectivity index (χ1v) is 5.04. The minimum Gasteiger partial charge on any atom is -0.325 e. The van der Waals surface area contributed by atoms with Gasteiger partial charge in [-0.05, 0) is 24.3 Å². The van der Waals surface area contributed by atoms with Crippen LogP contribution in [-0.2, 0) is 4.79 Å². The van der Waals surface area contributed by atoms with E-state index >= 15 is 0 Å². The predicted octanol–water partition coefficient (Wildman–Crippen LogP) is 2.72. The lowest BCUT2D eigenvalue weighted by molar-refractivity contribution is -0.115. The average Bonchev–Trinajstić information content (AvgIpc) is 2.28. The highest BCUT2D eigenvalue weighted by atomic mass is 19.1. The SMILES string of the molecule is CCC(=O)Nc1cnc2ccc(F)cc2c1. The third-order valence-electron chi connectivity index (χ3n) is 2.25. The molecule has 0 aliphatic carbocycles. The first-order valence-electron chi connectivity index (χ1n) is 5.04. The molecule has 0 spiro atoms. The van der Waals surface area contributed by atoms with Crippen molar-refractivity contribution in [3.63, 3.8) is 0 Å². The van der Waals surface area contributed by atoms with Gasteiger partial charge in [0.05, 0.1) is 17.4 Å². The second kappa shape index (κ2) is 4.26. The van der Waals surface area contributed by atoms with Gasteiger partial charge < -0.3 is 5.32 Å². The molecule has 0 saturated heterocycles. The van der Waals surface area contributed by atoms with Gasteiger partial charge in [-0.2, -0.15) is 0 Å². The van der Waals surface area contributed by atoms with Crippen LogP contribution in [0.2, 0.25) is 0 Å². The van der Waals surface area contributed by atoms with Gasteiger partial charge in [-0.3, -0.25) is 9.78 Å². The fourth-order valence-corrected chi connectivity index (χ4v) is 1.42. The Morgan fingerprint density at radius 3 is 3.00 bits per heavy atom. The smallest absolute Gasteiger partial charge is 0.224 e. The molecule has 0 saturated carbocycles. The maximum atomic E-state index is 13.0. The highest BCUT2D eigenvalue weighted by Gasteiger charge is 2.02.